The average Bonchev–Trinajstić information content (AvgIpc) is 3.32. The van der Waals surface area contributed by atoms with Crippen molar-refractivity contribution < 1.29 is 9.53 Å². The number of methoxy groups -OCH3 is 1. The van der Waals surface area contributed by atoms with E-state index in [1.807, 2.05) is 43.3 Å². The molecule has 0 aliphatic heterocycles. The lowest BCUT2D eigenvalue weighted by atomic mass is 9.92. The molecule has 3 aromatic rings. The fraction of sp³-hybridized carbons (Fsp3) is 0.250. The molecule has 0 spiro atoms. The molecule has 1 aliphatic carbocycles. The molecule has 2 aromatic carbocycles. The van der Waals surface area contributed by atoms with E-state index in [-0.39, 0.29) is 5.91 Å². The molecule has 0 atom stereocenters. The lowest BCUT2D eigenvalue weighted by Crippen LogP contribution is -2.28. The number of aryl methyl sites for hydroxylation is 1. The van der Waals surface area contributed by atoms with Crippen LogP contribution in [-0.2, 0) is 10.2 Å². The third-order valence-electron chi connectivity index (χ3n) is 4.91. The molecular formula is C20H20N2O2. The lowest BCUT2D eigenvalue weighted by molar-refractivity contribution is -0.118. The van der Waals surface area contributed by atoms with Gasteiger partial charge in [-0.05, 0) is 43.5 Å². The van der Waals surface area contributed by atoms with Crippen LogP contribution in [0.2, 0.25) is 0 Å². The molecule has 0 saturated heterocycles. The maximum Gasteiger partial charge on any atom is 0.235 e. The minimum atomic E-state index is -0.440. The van der Waals surface area contributed by atoms with Crippen molar-refractivity contribution in [3.8, 4) is 5.75 Å². The first kappa shape index (κ1) is 14.8. The summed E-state index contributed by atoms with van der Waals surface area (Å²) < 4.78 is 5.34. The average molecular weight is 320 g/mol. The van der Waals surface area contributed by atoms with Gasteiger partial charge >= 0.3 is 0 Å². The molecule has 122 valence electrons. The molecule has 0 unspecified atom stereocenters. The van der Waals surface area contributed by atoms with Crippen molar-refractivity contribution in [1.29, 1.82) is 0 Å². The van der Waals surface area contributed by atoms with E-state index in [2.05, 4.69) is 22.4 Å². The molecule has 4 heteroatoms. The molecular weight excluding hydrogens is 300 g/mol. The van der Waals surface area contributed by atoms with Crippen LogP contribution in [0.1, 0.15) is 24.1 Å². The van der Waals surface area contributed by atoms with Crippen molar-refractivity contribution >= 4 is 22.5 Å². The fourth-order valence-corrected chi connectivity index (χ4v) is 3.60. The number of amides is 1. The molecule has 1 heterocycles. The van der Waals surface area contributed by atoms with Crippen LogP contribution in [0.3, 0.4) is 0 Å². The van der Waals surface area contributed by atoms with Gasteiger partial charge in [-0.15, -0.1) is 0 Å². The Labute approximate surface area is 140 Å². The third-order valence-corrected chi connectivity index (χ3v) is 4.91. The van der Waals surface area contributed by atoms with Crippen LogP contribution in [0.4, 0.5) is 5.69 Å². The predicted molar refractivity (Wildman–Crippen MR) is 95.6 cm³/mol. The number of para-hydroxylation sites is 3. The third kappa shape index (κ3) is 2.18. The van der Waals surface area contributed by atoms with E-state index in [0.29, 0.717) is 11.4 Å². The number of carbonyl (C=O) groups is 1. The van der Waals surface area contributed by atoms with Gasteiger partial charge in [0, 0.05) is 16.6 Å². The van der Waals surface area contributed by atoms with Gasteiger partial charge in [0.15, 0.2) is 0 Å². The first-order chi connectivity index (χ1) is 11.7. The number of aromatic nitrogens is 1. The number of hydrogen-bond donors (Lipinski definition) is 2. The number of H-pyrrole nitrogens is 1. The van der Waals surface area contributed by atoms with Crippen molar-refractivity contribution in [3.05, 3.63) is 59.8 Å². The van der Waals surface area contributed by atoms with E-state index >= 15 is 0 Å². The summed E-state index contributed by atoms with van der Waals surface area (Å²) in [5, 5.41) is 4.21. The topological polar surface area (TPSA) is 54.1 Å². The second-order valence-corrected chi connectivity index (χ2v) is 6.41. The molecule has 1 fully saturated rings. The number of hydrogen-bond acceptors (Lipinski definition) is 2. The number of nitrogens with one attached hydrogen (secondary N) is 2. The zero-order valence-electron chi connectivity index (χ0n) is 13.8. The highest BCUT2D eigenvalue weighted by molar-refractivity contribution is 6.05. The second kappa shape index (κ2) is 5.41. The Morgan fingerprint density at radius 2 is 1.83 bits per heavy atom. The summed E-state index contributed by atoms with van der Waals surface area (Å²) in [6.07, 6.45) is 1.74. The number of rotatable bonds is 4. The van der Waals surface area contributed by atoms with Crippen LogP contribution < -0.4 is 10.1 Å². The second-order valence-electron chi connectivity index (χ2n) is 6.41. The van der Waals surface area contributed by atoms with E-state index in [1.165, 1.54) is 0 Å². The van der Waals surface area contributed by atoms with Crippen molar-refractivity contribution in [2.45, 2.75) is 25.2 Å². The van der Waals surface area contributed by atoms with Gasteiger partial charge in [0.25, 0.3) is 0 Å². The standard InChI is InChI=1S/C20H20N2O2/c1-13-18(14-7-3-4-8-15(14)21-13)20(11-12-20)19(23)22-16-9-5-6-10-17(16)24-2/h3-10,21H,11-12H2,1-2H3,(H,22,23). The van der Waals surface area contributed by atoms with Gasteiger partial charge in [0.05, 0.1) is 18.2 Å². The monoisotopic (exact) mass is 320 g/mol. The van der Waals surface area contributed by atoms with E-state index in [9.17, 15) is 4.79 Å². The number of fused-ring (bicyclic) bond motifs is 1. The van der Waals surface area contributed by atoms with Gasteiger partial charge in [-0.2, -0.15) is 0 Å². The van der Waals surface area contributed by atoms with Gasteiger partial charge in [0.2, 0.25) is 5.91 Å². The van der Waals surface area contributed by atoms with Crippen molar-refractivity contribution in [3.63, 3.8) is 0 Å². The van der Waals surface area contributed by atoms with E-state index in [1.54, 1.807) is 7.11 Å². The molecule has 24 heavy (non-hydrogen) atoms. The summed E-state index contributed by atoms with van der Waals surface area (Å²) in [7, 11) is 1.61. The van der Waals surface area contributed by atoms with E-state index in [4.69, 9.17) is 4.74 Å². The summed E-state index contributed by atoms with van der Waals surface area (Å²) in [5.74, 6) is 0.720. The van der Waals surface area contributed by atoms with Gasteiger partial charge < -0.3 is 15.0 Å². The van der Waals surface area contributed by atoms with Gasteiger partial charge in [-0.1, -0.05) is 30.3 Å². The zero-order chi connectivity index (χ0) is 16.7. The minimum absolute atomic E-state index is 0.0415. The Bertz CT molecular complexity index is 922. The Morgan fingerprint density at radius 3 is 2.58 bits per heavy atom. The quantitative estimate of drug-likeness (QED) is 0.758. The van der Waals surface area contributed by atoms with Crippen molar-refractivity contribution in [1.82, 2.24) is 4.98 Å². The zero-order valence-corrected chi connectivity index (χ0v) is 13.8. The van der Waals surface area contributed by atoms with E-state index in [0.717, 1.165) is 35.0 Å². The van der Waals surface area contributed by atoms with Gasteiger partial charge in [-0.3, -0.25) is 4.79 Å². The van der Waals surface area contributed by atoms with Crippen LogP contribution in [0.15, 0.2) is 48.5 Å². The van der Waals surface area contributed by atoms with Crippen LogP contribution >= 0.6 is 0 Å². The molecule has 4 nitrogen and oxygen atoms in total. The highest BCUT2D eigenvalue weighted by Gasteiger charge is 2.53. The van der Waals surface area contributed by atoms with Crippen LogP contribution in [0, 0.1) is 6.92 Å². The lowest BCUT2D eigenvalue weighted by Gasteiger charge is -2.17. The summed E-state index contributed by atoms with van der Waals surface area (Å²) >= 11 is 0. The predicted octanol–water partition coefficient (Wildman–Crippen LogP) is 4.16. The molecule has 4 rings (SSSR count). The molecule has 0 bridgehead atoms. The number of carbonyl (C=O) groups excluding carboxylic acids is 1. The van der Waals surface area contributed by atoms with Crippen molar-refractivity contribution in [2.24, 2.45) is 0 Å². The number of aromatic amines is 1. The Balaban J connectivity index is 1.72. The maximum absolute atomic E-state index is 13.1. The van der Waals surface area contributed by atoms with Crippen LogP contribution in [-0.4, -0.2) is 18.0 Å². The fourth-order valence-electron chi connectivity index (χ4n) is 3.60. The SMILES string of the molecule is COc1ccccc1NC(=O)C1(c2c(C)[nH]c3ccccc23)CC1. The normalized spacial score (nSPS) is 15.2. The molecule has 1 aromatic heterocycles. The summed E-state index contributed by atoms with van der Waals surface area (Å²) in [5.41, 5.74) is 3.56. The highest BCUT2D eigenvalue weighted by atomic mass is 16.5. The summed E-state index contributed by atoms with van der Waals surface area (Å²) in [6.45, 7) is 2.05. The van der Waals surface area contributed by atoms with Crippen molar-refractivity contribution in [2.75, 3.05) is 12.4 Å². The smallest absolute Gasteiger partial charge is 0.235 e. The molecule has 2 N–H and O–H groups in total. The largest absolute Gasteiger partial charge is 0.495 e. The highest BCUT2D eigenvalue weighted by Crippen LogP contribution is 2.52. The number of benzene rings is 2. The van der Waals surface area contributed by atoms with Crippen LogP contribution in [0.5, 0.6) is 5.75 Å². The summed E-state index contributed by atoms with van der Waals surface area (Å²) in [4.78, 5) is 16.5. The first-order valence-electron chi connectivity index (χ1n) is 8.18. The molecule has 1 aliphatic rings. The van der Waals surface area contributed by atoms with Gasteiger partial charge in [-0.25, -0.2) is 0 Å². The number of anilines is 1. The molecule has 0 radical (unpaired) electrons. The molecule has 1 amide bonds. The summed E-state index contributed by atoms with van der Waals surface area (Å²) in [6, 6.07) is 15.7. The van der Waals surface area contributed by atoms with Gasteiger partial charge in [0.1, 0.15) is 5.75 Å². The Hall–Kier alpha value is -2.75. The minimum Gasteiger partial charge on any atom is -0.495 e. The molecule has 1 saturated carbocycles. The van der Waals surface area contributed by atoms with E-state index < -0.39 is 5.41 Å². The first-order valence-corrected chi connectivity index (χ1v) is 8.18. The van der Waals surface area contributed by atoms with Crippen LogP contribution in [0.25, 0.3) is 10.9 Å². The Kier molecular flexibility index (Phi) is 3.34. The Morgan fingerprint density at radius 1 is 1.12 bits per heavy atom. The number of ether oxygens (including phenoxy) is 1. The maximum atomic E-state index is 13.1.